The second-order valence-corrected chi connectivity index (χ2v) is 3.23. The Morgan fingerprint density at radius 3 is 2.69 bits per heavy atom. The molecule has 0 spiro atoms. The van der Waals surface area contributed by atoms with Gasteiger partial charge in [0.1, 0.15) is 5.75 Å². The third-order valence-corrected chi connectivity index (χ3v) is 2.24. The highest BCUT2D eigenvalue weighted by Gasteiger charge is 2.06. The van der Waals surface area contributed by atoms with E-state index in [9.17, 15) is 13.6 Å². The topological polar surface area (TPSA) is 26.3 Å². The Labute approximate surface area is 90.4 Å². The first-order chi connectivity index (χ1) is 7.70. The maximum Gasteiger partial charge on any atom is 0.387 e. The summed E-state index contributed by atoms with van der Waals surface area (Å²) in [6.07, 6.45) is 0.732. The molecule has 0 aliphatic carbocycles. The van der Waals surface area contributed by atoms with Crippen molar-refractivity contribution in [1.29, 1.82) is 0 Å². The number of ether oxygens (including phenoxy) is 1. The largest absolute Gasteiger partial charge is 0.435 e. The highest BCUT2D eigenvalue weighted by atomic mass is 19.3. The lowest BCUT2D eigenvalue weighted by molar-refractivity contribution is -0.0497. The lowest BCUT2D eigenvalue weighted by Crippen LogP contribution is -2.01. The summed E-state index contributed by atoms with van der Waals surface area (Å²) < 4.78 is 28.2. The summed E-state index contributed by atoms with van der Waals surface area (Å²) in [4.78, 5) is 10.7. The molecule has 0 aliphatic rings. The van der Waals surface area contributed by atoms with Crippen molar-refractivity contribution in [3.05, 3.63) is 42.0 Å². The van der Waals surface area contributed by atoms with E-state index in [1.54, 1.807) is 24.3 Å². The van der Waals surface area contributed by atoms with Gasteiger partial charge < -0.3 is 4.74 Å². The number of aldehydes is 1. The molecular weight excluding hydrogens is 214 g/mol. The Bertz CT molecular complexity index is 523. The van der Waals surface area contributed by atoms with Crippen molar-refractivity contribution in [1.82, 2.24) is 0 Å². The first-order valence-electron chi connectivity index (χ1n) is 4.63. The van der Waals surface area contributed by atoms with E-state index < -0.39 is 6.61 Å². The van der Waals surface area contributed by atoms with E-state index in [2.05, 4.69) is 4.74 Å². The molecule has 2 aromatic rings. The third kappa shape index (κ3) is 2.00. The van der Waals surface area contributed by atoms with Gasteiger partial charge in [0.2, 0.25) is 0 Å². The van der Waals surface area contributed by atoms with E-state index in [-0.39, 0.29) is 5.75 Å². The normalized spacial score (nSPS) is 10.7. The molecule has 0 heterocycles. The van der Waals surface area contributed by atoms with E-state index in [0.29, 0.717) is 10.9 Å². The van der Waals surface area contributed by atoms with Gasteiger partial charge in [0.15, 0.2) is 6.29 Å². The molecule has 0 saturated heterocycles. The average molecular weight is 222 g/mol. The van der Waals surface area contributed by atoms with Gasteiger partial charge in [-0.05, 0) is 29.0 Å². The van der Waals surface area contributed by atoms with Crippen LogP contribution in [-0.4, -0.2) is 12.9 Å². The Morgan fingerprint density at radius 2 is 2.00 bits per heavy atom. The van der Waals surface area contributed by atoms with Crippen LogP contribution in [0.3, 0.4) is 0 Å². The molecule has 0 bridgehead atoms. The van der Waals surface area contributed by atoms with Gasteiger partial charge in [-0.3, -0.25) is 4.79 Å². The van der Waals surface area contributed by atoms with Gasteiger partial charge in [0.05, 0.1) is 0 Å². The number of carbonyl (C=O) groups is 1. The van der Waals surface area contributed by atoms with Crippen molar-refractivity contribution >= 4 is 17.1 Å². The number of rotatable bonds is 3. The maximum atomic E-state index is 12.0. The zero-order valence-corrected chi connectivity index (χ0v) is 8.19. The van der Waals surface area contributed by atoms with Gasteiger partial charge in [0, 0.05) is 5.56 Å². The average Bonchev–Trinajstić information content (AvgIpc) is 2.27. The molecule has 82 valence electrons. The molecule has 0 unspecified atom stereocenters. The smallest absolute Gasteiger partial charge is 0.387 e. The van der Waals surface area contributed by atoms with E-state index >= 15 is 0 Å². The fourth-order valence-corrected chi connectivity index (χ4v) is 1.57. The van der Waals surface area contributed by atoms with Crippen LogP contribution in [-0.2, 0) is 0 Å². The molecule has 0 radical (unpaired) electrons. The summed E-state index contributed by atoms with van der Waals surface area (Å²) in [6.45, 7) is -2.84. The Morgan fingerprint density at radius 1 is 1.19 bits per heavy atom. The van der Waals surface area contributed by atoms with Crippen LogP contribution in [0.15, 0.2) is 36.4 Å². The predicted octanol–water partition coefficient (Wildman–Crippen LogP) is 3.25. The minimum atomic E-state index is -2.84. The zero-order chi connectivity index (χ0) is 11.5. The third-order valence-electron chi connectivity index (χ3n) is 2.24. The van der Waals surface area contributed by atoms with Crippen LogP contribution < -0.4 is 4.74 Å². The van der Waals surface area contributed by atoms with Crippen molar-refractivity contribution in [3.63, 3.8) is 0 Å². The number of halogens is 2. The molecule has 0 amide bonds. The minimum absolute atomic E-state index is 0.0885. The van der Waals surface area contributed by atoms with E-state index in [4.69, 9.17) is 0 Å². The van der Waals surface area contributed by atoms with E-state index in [1.807, 2.05) is 0 Å². The molecule has 4 heteroatoms. The van der Waals surface area contributed by atoms with Crippen LogP contribution in [0, 0.1) is 0 Å². The first kappa shape index (κ1) is 10.5. The minimum Gasteiger partial charge on any atom is -0.435 e. The van der Waals surface area contributed by atoms with Crippen molar-refractivity contribution < 1.29 is 18.3 Å². The summed E-state index contributed by atoms with van der Waals surface area (Å²) in [5, 5.41) is 1.42. The Hall–Kier alpha value is -1.97. The van der Waals surface area contributed by atoms with Crippen molar-refractivity contribution in [2.24, 2.45) is 0 Å². The highest BCUT2D eigenvalue weighted by Crippen LogP contribution is 2.24. The molecule has 0 atom stereocenters. The van der Waals surface area contributed by atoms with E-state index in [1.165, 1.54) is 12.1 Å². The molecule has 0 aromatic heterocycles. The SMILES string of the molecule is O=Cc1cccc2cc(OC(F)F)ccc12. The van der Waals surface area contributed by atoms with Crippen LogP contribution in [0.25, 0.3) is 10.8 Å². The van der Waals surface area contributed by atoms with Gasteiger partial charge in [-0.25, -0.2) is 0 Å². The molecule has 16 heavy (non-hydrogen) atoms. The first-order valence-corrected chi connectivity index (χ1v) is 4.63. The summed E-state index contributed by atoms with van der Waals surface area (Å²) in [5.74, 6) is 0.0885. The monoisotopic (exact) mass is 222 g/mol. The molecular formula is C12H8F2O2. The van der Waals surface area contributed by atoms with Crippen LogP contribution in [0.2, 0.25) is 0 Å². The number of alkyl halides is 2. The highest BCUT2D eigenvalue weighted by molar-refractivity contribution is 5.98. The van der Waals surface area contributed by atoms with Crippen LogP contribution in [0.4, 0.5) is 8.78 Å². The Balaban J connectivity index is 2.51. The fraction of sp³-hybridized carbons (Fsp3) is 0.0833. The molecule has 0 fully saturated rings. The Kier molecular flexibility index (Phi) is 2.81. The number of hydrogen-bond donors (Lipinski definition) is 0. The molecule has 0 aliphatic heterocycles. The van der Waals surface area contributed by atoms with Gasteiger partial charge in [-0.1, -0.05) is 18.2 Å². The second-order valence-electron chi connectivity index (χ2n) is 3.23. The number of hydrogen-bond acceptors (Lipinski definition) is 2. The predicted molar refractivity (Wildman–Crippen MR) is 56.0 cm³/mol. The van der Waals surface area contributed by atoms with Gasteiger partial charge in [0.25, 0.3) is 0 Å². The maximum absolute atomic E-state index is 12.0. The standard InChI is InChI=1S/C12H8F2O2/c13-12(14)16-10-4-5-11-8(6-10)2-1-3-9(11)7-15/h1-7,12H. The van der Waals surface area contributed by atoms with Crippen LogP contribution in [0.5, 0.6) is 5.75 Å². The quantitative estimate of drug-likeness (QED) is 0.745. The van der Waals surface area contributed by atoms with Gasteiger partial charge >= 0.3 is 6.61 Å². The lowest BCUT2D eigenvalue weighted by Gasteiger charge is -2.06. The molecule has 0 N–H and O–H groups in total. The number of fused-ring (bicyclic) bond motifs is 1. The number of carbonyl (C=O) groups excluding carboxylic acids is 1. The summed E-state index contributed by atoms with van der Waals surface area (Å²) in [5.41, 5.74) is 0.529. The summed E-state index contributed by atoms with van der Waals surface area (Å²) in [6, 6.07) is 9.59. The molecule has 2 rings (SSSR count). The molecule has 2 aromatic carbocycles. The van der Waals surface area contributed by atoms with Crippen LogP contribution >= 0.6 is 0 Å². The van der Waals surface area contributed by atoms with Crippen LogP contribution in [0.1, 0.15) is 10.4 Å². The summed E-state index contributed by atoms with van der Waals surface area (Å²) >= 11 is 0. The lowest BCUT2D eigenvalue weighted by atomic mass is 10.1. The van der Waals surface area contributed by atoms with Crippen molar-refractivity contribution in [3.8, 4) is 5.75 Å². The zero-order valence-electron chi connectivity index (χ0n) is 8.19. The summed E-state index contributed by atoms with van der Waals surface area (Å²) in [7, 11) is 0. The van der Waals surface area contributed by atoms with Gasteiger partial charge in [-0.15, -0.1) is 0 Å². The second kappa shape index (κ2) is 4.26. The molecule has 2 nitrogen and oxygen atoms in total. The van der Waals surface area contributed by atoms with Gasteiger partial charge in [-0.2, -0.15) is 8.78 Å². The molecule has 0 saturated carbocycles. The fourth-order valence-electron chi connectivity index (χ4n) is 1.57. The number of benzene rings is 2. The van der Waals surface area contributed by atoms with Crippen molar-refractivity contribution in [2.45, 2.75) is 6.61 Å². The van der Waals surface area contributed by atoms with Crippen molar-refractivity contribution in [2.75, 3.05) is 0 Å². The van der Waals surface area contributed by atoms with E-state index in [0.717, 1.165) is 11.7 Å².